The molecule has 1 amide bonds. The number of phenols is 2. The van der Waals surface area contributed by atoms with Crippen LogP contribution in [0.15, 0.2) is 36.4 Å². The molecular formula is C13H9F2NO3. The number of aromatic hydroxyl groups is 2. The van der Waals surface area contributed by atoms with Gasteiger partial charge in [-0.15, -0.1) is 0 Å². The van der Waals surface area contributed by atoms with Gasteiger partial charge in [-0.3, -0.25) is 4.79 Å². The van der Waals surface area contributed by atoms with Crippen LogP contribution in [0.3, 0.4) is 0 Å². The molecule has 3 N–H and O–H groups in total. The number of halogens is 2. The van der Waals surface area contributed by atoms with Gasteiger partial charge in [0, 0.05) is 11.6 Å². The Morgan fingerprint density at radius 2 is 1.53 bits per heavy atom. The highest BCUT2D eigenvalue weighted by atomic mass is 19.1. The van der Waals surface area contributed by atoms with Crippen LogP contribution in [-0.4, -0.2) is 16.1 Å². The fourth-order valence-electron chi connectivity index (χ4n) is 1.53. The van der Waals surface area contributed by atoms with Gasteiger partial charge in [-0.05, 0) is 24.3 Å². The van der Waals surface area contributed by atoms with E-state index in [1.54, 1.807) is 0 Å². The summed E-state index contributed by atoms with van der Waals surface area (Å²) in [6, 6.07) is 6.32. The lowest BCUT2D eigenvalue weighted by atomic mass is 10.2. The van der Waals surface area contributed by atoms with Crippen molar-refractivity contribution in [1.29, 1.82) is 0 Å². The first-order chi connectivity index (χ1) is 8.97. The molecule has 2 aromatic carbocycles. The minimum absolute atomic E-state index is 0.125. The SMILES string of the molecule is O=C(Nc1c(F)cccc1F)c1cc(O)cc(O)c1. The van der Waals surface area contributed by atoms with Crippen molar-refractivity contribution < 1.29 is 23.8 Å². The van der Waals surface area contributed by atoms with Crippen molar-refractivity contribution in [1.82, 2.24) is 0 Å². The van der Waals surface area contributed by atoms with Gasteiger partial charge in [-0.2, -0.15) is 0 Å². The van der Waals surface area contributed by atoms with Gasteiger partial charge in [0.25, 0.3) is 5.91 Å². The largest absolute Gasteiger partial charge is 0.508 e. The Balaban J connectivity index is 2.31. The highest BCUT2D eigenvalue weighted by Gasteiger charge is 2.14. The summed E-state index contributed by atoms with van der Waals surface area (Å²) in [4.78, 5) is 11.8. The number of carbonyl (C=O) groups is 1. The molecule has 2 rings (SSSR count). The normalized spacial score (nSPS) is 10.2. The lowest BCUT2D eigenvalue weighted by molar-refractivity contribution is 0.102. The lowest BCUT2D eigenvalue weighted by Crippen LogP contribution is -2.14. The van der Waals surface area contributed by atoms with Crippen LogP contribution in [0.4, 0.5) is 14.5 Å². The smallest absolute Gasteiger partial charge is 0.256 e. The summed E-state index contributed by atoms with van der Waals surface area (Å²) in [5, 5.41) is 20.5. The molecule has 0 bridgehead atoms. The van der Waals surface area contributed by atoms with E-state index in [1.165, 1.54) is 6.07 Å². The molecule has 2 aromatic rings. The summed E-state index contributed by atoms with van der Waals surface area (Å²) >= 11 is 0. The first-order valence-corrected chi connectivity index (χ1v) is 5.26. The van der Waals surface area contributed by atoms with Crippen molar-refractivity contribution in [3.05, 3.63) is 53.6 Å². The molecule has 0 radical (unpaired) electrons. The zero-order chi connectivity index (χ0) is 14.0. The highest BCUT2D eigenvalue weighted by Crippen LogP contribution is 2.23. The van der Waals surface area contributed by atoms with Crippen LogP contribution in [0.5, 0.6) is 11.5 Å². The van der Waals surface area contributed by atoms with Gasteiger partial charge in [0.05, 0.1) is 0 Å². The van der Waals surface area contributed by atoms with Gasteiger partial charge in [0.15, 0.2) is 0 Å². The fraction of sp³-hybridized carbons (Fsp3) is 0. The minimum Gasteiger partial charge on any atom is -0.508 e. The van der Waals surface area contributed by atoms with Gasteiger partial charge in [0.1, 0.15) is 28.8 Å². The summed E-state index contributed by atoms with van der Waals surface area (Å²) in [7, 11) is 0. The van der Waals surface area contributed by atoms with E-state index in [1.807, 2.05) is 5.32 Å². The van der Waals surface area contributed by atoms with Crippen molar-refractivity contribution in [2.45, 2.75) is 0 Å². The molecule has 6 heteroatoms. The summed E-state index contributed by atoms with van der Waals surface area (Å²) in [5.74, 6) is -3.36. The van der Waals surface area contributed by atoms with E-state index in [-0.39, 0.29) is 17.1 Å². The van der Waals surface area contributed by atoms with Crippen molar-refractivity contribution in [3.8, 4) is 11.5 Å². The predicted octanol–water partition coefficient (Wildman–Crippen LogP) is 2.63. The number of amides is 1. The average Bonchev–Trinajstić information content (AvgIpc) is 2.32. The Bertz CT molecular complexity index is 603. The molecule has 0 atom stereocenters. The number of para-hydroxylation sites is 1. The molecule has 0 spiro atoms. The summed E-state index contributed by atoms with van der Waals surface area (Å²) in [6.07, 6.45) is 0. The molecular weight excluding hydrogens is 256 g/mol. The average molecular weight is 265 g/mol. The molecule has 0 unspecified atom stereocenters. The molecule has 0 heterocycles. The maximum Gasteiger partial charge on any atom is 0.256 e. The van der Waals surface area contributed by atoms with Crippen LogP contribution in [0.1, 0.15) is 10.4 Å². The zero-order valence-corrected chi connectivity index (χ0v) is 9.52. The standard InChI is InChI=1S/C13H9F2NO3/c14-10-2-1-3-11(15)12(10)16-13(19)7-4-8(17)6-9(18)5-7/h1-6,17-18H,(H,16,19). The molecule has 0 fully saturated rings. The second kappa shape index (κ2) is 4.93. The first-order valence-electron chi connectivity index (χ1n) is 5.26. The number of hydrogen-bond donors (Lipinski definition) is 3. The van der Waals surface area contributed by atoms with Crippen LogP contribution in [0.25, 0.3) is 0 Å². The third kappa shape index (κ3) is 2.79. The van der Waals surface area contributed by atoms with E-state index < -0.39 is 23.2 Å². The Morgan fingerprint density at radius 1 is 1.00 bits per heavy atom. The Hall–Kier alpha value is -2.63. The number of benzene rings is 2. The Labute approximate surface area is 106 Å². The van der Waals surface area contributed by atoms with E-state index in [2.05, 4.69) is 0 Å². The molecule has 0 saturated heterocycles. The van der Waals surface area contributed by atoms with Gasteiger partial charge in [0.2, 0.25) is 0 Å². The van der Waals surface area contributed by atoms with E-state index in [0.717, 1.165) is 30.3 Å². The van der Waals surface area contributed by atoms with Crippen LogP contribution >= 0.6 is 0 Å². The van der Waals surface area contributed by atoms with Gasteiger partial charge < -0.3 is 15.5 Å². The number of rotatable bonds is 2. The maximum absolute atomic E-state index is 13.3. The number of phenolic OH excluding ortho intramolecular Hbond substituents is 2. The predicted molar refractivity (Wildman–Crippen MR) is 64.1 cm³/mol. The van der Waals surface area contributed by atoms with Crippen LogP contribution in [0, 0.1) is 11.6 Å². The summed E-state index contributed by atoms with van der Waals surface area (Å²) in [5.41, 5.74) is -0.713. The lowest BCUT2D eigenvalue weighted by Gasteiger charge is -2.08. The summed E-state index contributed by atoms with van der Waals surface area (Å²) in [6.45, 7) is 0. The van der Waals surface area contributed by atoms with E-state index in [0.29, 0.717) is 0 Å². The molecule has 0 saturated carbocycles. The molecule has 0 aromatic heterocycles. The third-order valence-corrected chi connectivity index (χ3v) is 2.37. The van der Waals surface area contributed by atoms with Crippen molar-refractivity contribution >= 4 is 11.6 Å². The number of hydrogen-bond acceptors (Lipinski definition) is 3. The Morgan fingerprint density at radius 3 is 2.05 bits per heavy atom. The van der Waals surface area contributed by atoms with E-state index in [4.69, 9.17) is 0 Å². The highest BCUT2D eigenvalue weighted by molar-refractivity contribution is 6.04. The second-order valence-electron chi connectivity index (χ2n) is 3.79. The fourth-order valence-corrected chi connectivity index (χ4v) is 1.53. The molecule has 0 aliphatic carbocycles. The third-order valence-electron chi connectivity index (χ3n) is 2.37. The maximum atomic E-state index is 13.3. The van der Waals surface area contributed by atoms with E-state index in [9.17, 15) is 23.8 Å². The minimum atomic E-state index is -0.919. The van der Waals surface area contributed by atoms with Crippen molar-refractivity contribution in [2.24, 2.45) is 0 Å². The summed E-state index contributed by atoms with van der Waals surface area (Å²) < 4.78 is 26.7. The van der Waals surface area contributed by atoms with Crippen molar-refractivity contribution in [2.75, 3.05) is 5.32 Å². The number of carbonyl (C=O) groups excluding carboxylic acids is 1. The number of nitrogens with one attached hydrogen (secondary N) is 1. The zero-order valence-electron chi connectivity index (χ0n) is 9.52. The van der Waals surface area contributed by atoms with Gasteiger partial charge in [-0.1, -0.05) is 6.07 Å². The number of anilines is 1. The first kappa shape index (κ1) is 12.8. The van der Waals surface area contributed by atoms with Crippen molar-refractivity contribution in [3.63, 3.8) is 0 Å². The monoisotopic (exact) mass is 265 g/mol. The quantitative estimate of drug-likeness (QED) is 0.781. The van der Waals surface area contributed by atoms with Crippen LogP contribution < -0.4 is 5.32 Å². The molecule has 0 aliphatic heterocycles. The molecule has 98 valence electrons. The van der Waals surface area contributed by atoms with E-state index >= 15 is 0 Å². The topological polar surface area (TPSA) is 69.6 Å². The molecule has 19 heavy (non-hydrogen) atoms. The van der Waals surface area contributed by atoms with Crippen LogP contribution in [-0.2, 0) is 0 Å². The van der Waals surface area contributed by atoms with Gasteiger partial charge in [-0.25, -0.2) is 8.78 Å². The Kier molecular flexibility index (Phi) is 3.33. The van der Waals surface area contributed by atoms with Gasteiger partial charge >= 0.3 is 0 Å². The molecule has 4 nitrogen and oxygen atoms in total. The van der Waals surface area contributed by atoms with Crippen LogP contribution in [0.2, 0.25) is 0 Å². The molecule has 0 aliphatic rings. The second-order valence-corrected chi connectivity index (χ2v) is 3.79.